The molecule has 2 aromatic rings. The maximum Gasteiger partial charge on any atom is 0.272 e. The van der Waals surface area contributed by atoms with Gasteiger partial charge in [-0.2, -0.15) is 5.21 Å². The number of halogens is 1. The van der Waals surface area contributed by atoms with Crippen molar-refractivity contribution in [3.63, 3.8) is 0 Å². The number of thiophene rings is 1. The summed E-state index contributed by atoms with van der Waals surface area (Å²) in [6.45, 7) is 4.25. The maximum atomic E-state index is 12.1. The highest BCUT2D eigenvalue weighted by Crippen LogP contribution is 2.39. The van der Waals surface area contributed by atoms with E-state index in [1.54, 1.807) is 0 Å². The van der Waals surface area contributed by atoms with Gasteiger partial charge < -0.3 is 4.74 Å². The van der Waals surface area contributed by atoms with Gasteiger partial charge in [0, 0.05) is 4.88 Å². The van der Waals surface area contributed by atoms with Crippen LogP contribution in [0.2, 0.25) is 0 Å². The van der Waals surface area contributed by atoms with Crippen molar-refractivity contribution in [2.24, 2.45) is 0 Å². The smallest absolute Gasteiger partial charge is 0.272 e. The molecule has 2 rings (SSSR count). The highest BCUT2D eigenvalue weighted by molar-refractivity contribution is 9.10. The molecule has 0 bridgehead atoms. The summed E-state index contributed by atoms with van der Waals surface area (Å²) in [6.07, 6.45) is 0. The van der Waals surface area contributed by atoms with Crippen LogP contribution in [0.15, 0.2) is 4.47 Å². The molecule has 0 fully saturated rings. The summed E-state index contributed by atoms with van der Waals surface area (Å²) >= 11 is 4.74. The van der Waals surface area contributed by atoms with Crippen molar-refractivity contribution < 1.29 is 9.53 Å². The predicted octanol–water partition coefficient (Wildman–Crippen LogP) is 1.98. The maximum absolute atomic E-state index is 12.1. The van der Waals surface area contributed by atoms with Crippen LogP contribution in [0.4, 0.5) is 5.95 Å². The third-order valence-electron chi connectivity index (χ3n) is 2.04. The summed E-state index contributed by atoms with van der Waals surface area (Å²) in [5.41, 5.74) is 0. The number of anilines is 1. The summed E-state index contributed by atoms with van der Waals surface area (Å²) in [6, 6.07) is 0. The average molecular weight is 332 g/mol. The van der Waals surface area contributed by atoms with Crippen molar-refractivity contribution >= 4 is 39.1 Å². The third-order valence-corrected chi connectivity index (χ3v) is 4.34. The molecule has 2 heterocycles. The zero-order chi connectivity index (χ0) is 13.1. The molecule has 0 atom stereocenters. The number of nitrogens with zero attached hydrogens (tertiary/aromatic N) is 3. The van der Waals surface area contributed by atoms with Crippen molar-refractivity contribution in [3.8, 4) is 5.75 Å². The van der Waals surface area contributed by atoms with Crippen LogP contribution in [0, 0.1) is 6.92 Å². The molecule has 96 valence electrons. The summed E-state index contributed by atoms with van der Waals surface area (Å²) < 4.78 is 6.27. The minimum absolute atomic E-state index is 0.129. The van der Waals surface area contributed by atoms with Gasteiger partial charge >= 0.3 is 0 Å². The van der Waals surface area contributed by atoms with Gasteiger partial charge in [-0.15, -0.1) is 16.4 Å². The van der Waals surface area contributed by atoms with Crippen LogP contribution in [0.5, 0.6) is 5.75 Å². The van der Waals surface area contributed by atoms with Gasteiger partial charge in [-0.25, -0.2) is 0 Å². The molecule has 0 aliphatic carbocycles. The van der Waals surface area contributed by atoms with E-state index in [4.69, 9.17) is 4.74 Å². The van der Waals surface area contributed by atoms with Crippen LogP contribution in [-0.2, 0) is 0 Å². The number of hydrogen-bond donors (Lipinski definition) is 2. The molecule has 0 aliphatic heterocycles. The monoisotopic (exact) mass is 331 g/mol. The molecule has 0 radical (unpaired) electrons. The third kappa shape index (κ3) is 2.51. The zero-order valence-electron chi connectivity index (χ0n) is 9.65. The first-order valence-corrected chi connectivity index (χ1v) is 6.71. The second-order valence-electron chi connectivity index (χ2n) is 3.25. The van der Waals surface area contributed by atoms with Gasteiger partial charge in [0.05, 0.1) is 11.1 Å². The van der Waals surface area contributed by atoms with E-state index in [0.717, 1.165) is 9.35 Å². The predicted molar refractivity (Wildman–Crippen MR) is 70.1 cm³/mol. The molecule has 0 saturated carbocycles. The minimum Gasteiger partial charge on any atom is -0.491 e. The number of ether oxygens (including phenoxy) is 1. The Kier molecular flexibility index (Phi) is 3.92. The topological polar surface area (TPSA) is 92.8 Å². The van der Waals surface area contributed by atoms with E-state index in [-0.39, 0.29) is 11.9 Å². The first kappa shape index (κ1) is 13.0. The number of carbonyl (C=O) groups excluding carboxylic acids is 1. The Bertz CT molecular complexity index is 554. The second-order valence-corrected chi connectivity index (χ2v) is 5.27. The number of aromatic amines is 1. The van der Waals surface area contributed by atoms with Gasteiger partial charge in [0.2, 0.25) is 0 Å². The van der Waals surface area contributed by atoms with Crippen molar-refractivity contribution in [1.82, 2.24) is 20.6 Å². The lowest BCUT2D eigenvalue weighted by Gasteiger charge is -2.04. The zero-order valence-corrected chi connectivity index (χ0v) is 12.1. The number of tetrazole rings is 1. The molecule has 2 N–H and O–H groups in total. The van der Waals surface area contributed by atoms with Crippen molar-refractivity contribution in [2.45, 2.75) is 13.8 Å². The van der Waals surface area contributed by atoms with Crippen LogP contribution >= 0.6 is 27.3 Å². The lowest BCUT2D eigenvalue weighted by molar-refractivity contribution is 0.102. The Hall–Kier alpha value is -1.48. The van der Waals surface area contributed by atoms with E-state index >= 15 is 0 Å². The Morgan fingerprint density at radius 2 is 2.39 bits per heavy atom. The van der Waals surface area contributed by atoms with Crippen LogP contribution < -0.4 is 10.1 Å². The molecule has 0 aromatic carbocycles. The molecule has 1 amide bonds. The fourth-order valence-electron chi connectivity index (χ4n) is 1.30. The molecule has 0 aliphatic rings. The average Bonchev–Trinajstić information content (AvgIpc) is 2.93. The highest BCUT2D eigenvalue weighted by atomic mass is 79.9. The Morgan fingerprint density at radius 1 is 1.61 bits per heavy atom. The minimum atomic E-state index is -0.321. The Balaban J connectivity index is 2.27. The summed E-state index contributed by atoms with van der Waals surface area (Å²) in [4.78, 5) is 13.5. The van der Waals surface area contributed by atoms with Crippen LogP contribution in [0.3, 0.4) is 0 Å². The van der Waals surface area contributed by atoms with E-state index in [1.165, 1.54) is 11.3 Å². The molecular formula is C9H10BrN5O2S. The summed E-state index contributed by atoms with van der Waals surface area (Å²) in [5.74, 6) is 0.351. The number of rotatable bonds is 4. The van der Waals surface area contributed by atoms with Gasteiger partial charge in [0.25, 0.3) is 11.9 Å². The van der Waals surface area contributed by atoms with Crippen molar-refractivity contribution in [3.05, 3.63) is 14.2 Å². The highest BCUT2D eigenvalue weighted by Gasteiger charge is 2.22. The van der Waals surface area contributed by atoms with Gasteiger partial charge in [-0.1, -0.05) is 5.10 Å². The van der Waals surface area contributed by atoms with Gasteiger partial charge in [0.1, 0.15) is 4.88 Å². The molecule has 0 saturated heterocycles. The van der Waals surface area contributed by atoms with E-state index in [0.29, 0.717) is 17.2 Å². The number of hydrogen-bond acceptors (Lipinski definition) is 6. The van der Waals surface area contributed by atoms with E-state index in [9.17, 15) is 4.79 Å². The first-order chi connectivity index (χ1) is 8.63. The Labute approximate surface area is 115 Å². The van der Waals surface area contributed by atoms with Crippen LogP contribution in [0.25, 0.3) is 0 Å². The fourth-order valence-corrected chi connectivity index (χ4v) is 2.87. The fraction of sp³-hybridized carbons (Fsp3) is 0.333. The van der Waals surface area contributed by atoms with Gasteiger partial charge in [0.15, 0.2) is 5.75 Å². The number of aryl methyl sites for hydroxylation is 1. The first-order valence-electron chi connectivity index (χ1n) is 5.10. The van der Waals surface area contributed by atoms with Crippen LogP contribution in [-0.4, -0.2) is 33.1 Å². The molecule has 0 spiro atoms. The molecule has 7 nitrogen and oxygen atoms in total. The molecular weight excluding hydrogens is 322 g/mol. The number of carbonyl (C=O) groups is 1. The lowest BCUT2D eigenvalue weighted by Crippen LogP contribution is -2.13. The normalized spacial score (nSPS) is 10.4. The molecule has 0 unspecified atom stereocenters. The van der Waals surface area contributed by atoms with Gasteiger partial charge in [-0.3, -0.25) is 10.1 Å². The van der Waals surface area contributed by atoms with Crippen LogP contribution in [0.1, 0.15) is 21.5 Å². The SMILES string of the molecule is CCOc1c(C(=O)Nc2nn[nH]n2)sc(C)c1Br. The standard InChI is InChI=1S/C9H10BrN5O2S/c1-3-17-6-5(10)4(2)18-7(6)8(16)11-9-12-14-15-13-9/h3H2,1-2H3,(H2,11,12,13,14,15,16). The molecule has 18 heavy (non-hydrogen) atoms. The number of aromatic nitrogens is 4. The summed E-state index contributed by atoms with van der Waals surface area (Å²) in [7, 11) is 0. The quantitative estimate of drug-likeness (QED) is 0.893. The van der Waals surface area contributed by atoms with Crippen molar-refractivity contribution in [1.29, 1.82) is 0 Å². The number of amides is 1. The van der Waals surface area contributed by atoms with E-state index in [2.05, 4.69) is 41.9 Å². The largest absolute Gasteiger partial charge is 0.491 e. The summed E-state index contributed by atoms with van der Waals surface area (Å²) in [5, 5.41) is 15.5. The molecule has 9 heteroatoms. The number of nitrogens with one attached hydrogen (secondary N) is 2. The van der Waals surface area contributed by atoms with Gasteiger partial charge in [-0.05, 0) is 35.0 Å². The van der Waals surface area contributed by atoms with Crippen molar-refractivity contribution in [2.75, 3.05) is 11.9 Å². The van der Waals surface area contributed by atoms with E-state index in [1.807, 2.05) is 13.8 Å². The Morgan fingerprint density at radius 3 is 3.00 bits per heavy atom. The molecule has 2 aromatic heterocycles. The lowest BCUT2D eigenvalue weighted by atomic mass is 10.4. The van der Waals surface area contributed by atoms with E-state index < -0.39 is 0 Å². The number of H-pyrrole nitrogens is 1. The second kappa shape index (κ2) is 5.44.